The fraction of sp³-hybridized carbons (Fsp3) is 1.00. The highest BCUT2D eigenvalue weighted by Gasteiger charge is 2.39. The van der Waals surface area contributed by atoms with E-state index in [1.165, 1.54) is 32.2 Å². The number of rotatable bonds is 5. The Balaban J connectivity index is 1.77. The number of nitrogens with two attached hydrogens (primary N) is 1. The molecule has 0 saturated heterocycles. The van der Waals surface area contributed by atoms with Crippen molar-refractivity contribution in [2.45, 2.75) is 51.5 Å². The van der Waals surface area contributed by atoms with Gasteiger partial charge in [-0.15, -0.1) is 0 Å². The van der Waals surface area contributed by atoms with Gasteiger partial charge >= 0.3 is 0 Å². The molecular weight excluding hydrogens is 196 g/mol. The summed E-state index contributed by atoms with van der Waals surface area (Å²) < 4.78 is 0. The second kappa shape index (κ2) is 4.66. The molecule has 4 atom stereocenters. The van der Waals surface area contributed by atoms with Crippen LogP contribution in [0.3, 0.4) is 0 Å². The Hall–Kier alpha value is -0.0800. The van der Waals surface area contributed by atoms with Crippen molar-refractivity contribution < 1.29 is 0 Å². The van der Waals surface area contributed by atoms with Crippen LogP contribution < -0.4 is 5.73 Å². The monoisotopic (exact) mass is 224 g/mol. The maximum atomic E-state index is 6.23. The van der Waals surface area contributed by atoms with E-state index in [1.807, 2.05) is 0 Å². The van der Waals surface area contributed by atoms with E-state index in [1.54, 1.807) is 0 Å². The minimum absolute atomic E-state index is 0.00757. The third kappa shape index (κ3) is 2.78. The first-order valence-corrected chi connectivity index (χ1v) is 6.97. The Kier molecular flexibility index (Phi) is 3.60. The molecule has 2 aliphatic carbocycles. The zero-order valence-corrected chi connectivity index (χ0v) is 11.2. The van der Waals surface area contributed by atoms with Gasteiger partial charge in [-0.1, -0.05) is 13.3 Å². The quantitative estimate of drug-likeness (QED) is 0.777. The summed E-state index contributed by atoms with van der Waals surface area (Å²) >= 11 is 0. The predicted molar refractivity (Wildman–Crippen MR) is 69.3 cm³/mol. The van der Waals surface area contributed by atoms with E-state index < -0.39 is 0 Å². The molecule has 2 heteroatoms. The lowest BCUT2D eigenvalue weighted by atomic mass is 9.88. The highest BCUT2D eigenvalue weighted by atomic mass is 15.1. The van der Waals surface area contributed by atoms with Crippen LogP contribution in [0.1, 0.15) is 46.0 Å². The summed E-state index contributed by atoms with van der Waals surface area (Å²) in [4.78, 5) is 2.47. The number of likely N-dealkylation sites (N-methyl/N-ethyl adjacent to an activating group) is 1. The van der Waals surface area contributed by atoms with Crippen LogP contribution in [0.2, 0.25) is 0 Å². The lowest BCUT2D eigenvalue weighted by Gasteiger charge is -2.33. The third-order valence-corrected chi connectivity index (χ3v) is 4.87. The number of nitrogens with zero attached hydrogens (tertiary/aromatic N) is 1. The highest BCUT2D eigenvalue weighted by molar-refractivity contribution is 4.91. The minimum Gasteiger partial charge on any atom is -0.324 e. The van der Waals surface area contributed by atoms with E-state index in [-0.39, 0.29) is 5.54 Å². The van der Waals surface area contributed by atoms with E-state index in [9.17, 15) is 0 Å². The van der Waals surface area contributed by atoms with Crippen molar-refractivity contribution in [1.29, 1.82) is 0 Å². The first kappa shape index (κ1) is 12.4. The van der Waals surface area contributed by atoms with Crippen molar-refractivity contribution in [3.8, 4) is 0 Å². The van der Waals surface area contributed by atoms with Gasteiger partial charge in [-0.2, -0.15) is 0 Å². The molecule has 0 aromatic rings. The summed E-state index contributed by atoms with van der Waals surface area (Å²) in [5.41, 5.74) is 6.22. The lowest BCUT2D eigenvalue weighted by molar-refractivity contribution is 0.187. The molecule has 2 aliphatic rings. The van der Waals surface area contributed by atoms with Gasteiger partial charge < -0.3 is 10.6 Å². The molecule has 2 nitrogen and oxygen atoms in total. The second-order valence-electron chi connectivity index (χ2n) is 6.64. The Labute approximate surface area is 101 Å². The third-order valence-electron chi connectivity index (χ3n) is 4.87. The van der Waals surface area contributed by atoms with Crippen LogP contribution >= 0.6 is 0 Å². The van der Waals surface area contributed by atoms with Gasteiger partial charge in [0.25, 0.3) is 0 Å². The Morgan fingerprint density at radius 3 is 2.56 bits per heavy atom. The molecule has 2 fully saturated rings. The van der Waals surface area contributed by atoms with Crippen molar-refractivity contribution in [1.82, 2.24) is 4.90 Å². The smallest absolute Gasteiger partial charge is 0.0252 e. The van der Waals surface area contributed by atoms with Gasteiger partial charge in [-0.05, 0) is 57.4 Å². The molecular formula is C14H28N2. The van der Waals surface area contributed by atoms with Crippen molar-refractivity contribution in [2.24, 2.45) is 23.5 Å². The molecule has 0 spiro atoms. The molecule has 0 radical (unpaired) electrons. The molecule has 16 heavy (non-hydrogen) atoms. The SMILES string of the molecule is CCC(C)(N)CN(C)CC1CC2CCC1C2. The number of fused-ring (bicyclic) bond motifs is 2. The molecule has 2 saturated carbocycles. The Morgan fingerprint density at radius 2 is 2.06 bits per heavy atom. The van der Waals surface area contributed by atoms with Crippen LogP contribution in [-0.4, -0.2) is 30.6 Å². The summed E-state index contributed by atoms with van der Waals surface area (Å²) in [5, 5.41) is 0. The summed E-state index contributed by atoms with van der Waals surface area (Å²) in [6, 6.07) is 0. The second-order valence-corrected chi connectivity index (χ2v) is 6.64. The fourth-order valence-corrected chi connectivity index (χ4v) is 3.79. The molecule has 0 heterocycles. The molecule has 0 amide bonds. The van der Waals surface area contributed by atoms with Gasteiger partial charge in [0.1, 0.15) is 0 Å². The standard InChI is InChI=1S/C14H28N2/c1-4-14(2,15)10-16(3)9-13-8-11-5-6-12(13)7-11/h11-13H,4-10,15H2,1-3H3. The first-order chi connectivity index (χ1) is 7.50. The summed E-state index contributed by atoms with van der Waals surface area (Å²) in [6.45, 7) is 6.67. The Bertz CT molecular complexity index is 237. The average molecular weight is 224 g/mol. The van der Waals surface area contributed by atoms with Crippen LogP contribution in [0.4, 0.5) is 0 Å². The van der Waals surface area contributed by atoms with Crippen molar-refractivity contribution in [3.63, 3.8) is 0 Å². The van der Waals surface area contributed by atoms with E-state index in [2.05, 4.69) is 25.8 Å². The average Bonchev–Trinajstić information content (AvgIpc) is 2.78. The zero-order valence-electron chi connectivity index (χ0n) is 11.2. The predicted octanol–water partition coefficient (Wildman–Crippen LogP) is 2.48. The van der Waals surface area contributed by atoms with Crippen molar-refractivity contribution in [3.05, 3.63) is 0 Å². The molecule has 94 valence electrons. The van der Waals surface area contributed by atoms with E-state index in [0.717, 1.165) is 30.7 Å². The van der Waals surface area contributed by atoms with Gasteiger partial charge in [0.2, 0.25) is 0 Å². The fourth-order valence-electron chi connectivity index (χ4n) is 3.79. The molecule has 0 aromatic heterocycles. The zero-order chi connectivity index (χ0) is 11.8. The van der Waals surface area contributed by atoms with Crippen LogP contribution in [0, 0.1) is 17.8 Å². The lowest BCUT2D eigenvalue weighted by Crippen LogP contribution is -2.47. The van der Waals surface area contributed by atoms with Gasteiger partial charge in [-0.3, -0.25) is 0 Å². The minimum atomic E-state index is -0.00757. The summed E-state index contributed by atoms with van der Waals surface area (Å²) in [5.74, 6) is 3.08. The maximum Gasteiger partial charge on any atom is 0.0252 e. The summed E-state index contributed by atoms with van der Waals surface area (Å²) in [7, 11) is 2.24. The first-order valence-electron chi connectivity index (χ1n) is 6.97. The van der Waals surface area contributed by atoms with Crippen molar-refractivity contribution >= 4 is 0 Å². The molecule has 0 aliphatic heterocycles. The van der Waals surface area contributed by atoms with Crippen molar-refractivity contribution in [2.75, 3.05) is 20.1 Å². The topological polar surface area (TPSA) is 29.3 Å². The van der Waals surface area contributed by atoms with E-state index in [4.69, 9.17) is 5.73 Å². The van der Waals surface area contributed by atoms with E-state index in [0.29, 0.717) is 0 Å². The van der Waals surface area contributed by atoms with Crippen LogP contribution in [0.25, 0.3) is 0 Å². The number of hydrogen-bond donors (Lipinski definition) is 1. The highest BCUT2D eigenvalue weighted by Crippen LogP contribution is 2.48. The van der Waals surface area contributed by atoms with Crippen LogP contribution in [0.15, 0.2) is 0 Å². The van der Waals surface area contributed by atoms with Gasteiger partial charge in [0, 0.05) is 18.6 Å². The number of hydrogen-bond acceptors (Lipinski definition) is 2. The molecule has 0 aromatic carbocycles. The van der Waals surface area contributed by atoms with Gasteiger partial charge in [-0.25, -0.2) is 0 Å². The van der Waals surface area contributed by atoms with Crippen LogP contribution in [0.5, 0.6) is 0 Å². The Morgan fingerprint density at radius 1 is 1.31 bits per heavy atom. The van der Waals surface area contributed by atoms with Gasteiger partial charge in [0.15, 0.2) is 0 Å². The molecule has 2 rings (SSSR count). The molecule has 4 unspecified atom stereocenters. The maximum absolute atomic E-state index is 6.23. The van der Waals surface area contributed by atoms with Crippen LogP contribution in [-0.2, 0) is 0 Å². The van der Waals surface area contributed by atoms with Gasteiger partial charge in [0.05, 0.1) is 0 Å². The summed E-state index contributed by atoms with van der Waals surface area (Å²) in [6.07, 6.45) is 7.08. The van der Waals surface area contributed by atoms with E-state index >= 15 is 0 Å². The normalized spacial score (nSPS) is 36.9. The molecule has 2 bridgehead atoms. The largest absolute Gasteiger partial charge is 0.324 e. The molecule has 2 N–H and O–H groups in total.